The molecule has 0 bridgehead atoms. The van der Waals surface area contributed by atoms with Crippen molar-refractivity contribution in [2.75, 3.05) is 6.61 Å². The van der Waals surface area contributed by atoms with Crippen molar-refractivity contribution in [2.24, 2.45) is 0 Å². The van der Waals surface area contributed by atoms with Crippen molar-refractivity contribution in [3.63, 3.8) is 0 Å². The quantitative estimate of drug-likeness (QED) is 0.660. The van der Waals surface area contributed by atoms with Gasteiger partial charge in [-0.1, -0.05) is 0 Å². The Morgan fingerprint density at radius 1 is 1.43 bits per heavy atom. The van der Waals surface area contributed by atoms with Crippen molar-refractivity contribution in [1.29, 1.82) is 0 Å². The minimum absolute atomic E-state index is 0. The lowest BCUT2D eigenvalue weighted by atomic mass is 10.1. The molecule has 0 amide bonds. The van der Waals surface area contributed by atoms with Crippen LogP contribution in [0.4, 0.5) is 13.2 Å². The predicted molar refractivity (Wildman–Crippen MR) is 65.3 cm³/mol. The first-order valence-electron chi connectivity index (χ1n) is 5.51. The van der Waals surface area contributed by atoms with Crippen molar-refractivity contribution in [3.8, 4) is 0 Å². The maximum Gasteiger partial charge on any atom is 0.365 e. The number of aliphatic hydroxyl groups is 2. The van der Waals surface area contributed by atoms with Crippen molar-refractivity contribution in [1.82, 2.24) is 9.55 Å². The smallest absolute Gasteiger partial charge is 0.365 e. The van der Waals surface area contributed by atoms with Crippen LogP contribution in [-0.4, -0.2) is 44.5 Å². The Bertz CT molecular complexity index is 648. The third kappa shape index (κ3) is 2.37. The molecule has 21 heavy (non-hydrogen) atoms. The van der Waals surface area contributed by atoms with E-state index in [-0.39, 0.29) is 22.5 Å². The van der Waals surface area contributed by atoms with E-state index >= 15 is 0 Å². The normalized spacial score (nSPS) is 31.0. The van der Waals surface area contributed by atoms with Crippen LogP contribution in [0.3, 0.4) is 0 Å². The summed E-state index contributed by atoms with van der Waals surface area (Å²) in [5.74, 6) is -8.50. The maximum atomic E-state index is 14.5. The van der Waals surface area contributed by atoms with E-state index < -0.39 is 42.0 Å². The van der Waals surface area contributed by atoms with Crippen LogP contribution in [0.15, 0.2) is 15.8 Å². The molecule has 1 aliphatic heterocycles. The molecule has 7 nitrogen and oxygen atoms in total. The number of alkyl halides is 3. The van der Waals surface area contributed by atoms with Crippen molar-refractivity contribution in [3.05, 3.63) is 32.6 Å². The van der Waals surface area contributed by atoms with Crippen LogP contribution >= 0.6 is 12.4 Å². The van der Waals surface area contributed by atoms with Gasteiger partial charge in [0.05, 0.1) is 6.61 Å². The second-order valence-corrected chi connectivity index (χ2v) is 4.41. The Kier molecular flexibility index (Phi) is 4.59. The average Bonchev–Trinajstić information content (AvgIpc) is 2.55. The minimum atomic E-state index is -4.49. The topological polar surface area (TPSA) is 105 Å². The number of aromatic amines is 1. The average molecular weight is 333 g/mol. The highest BCUT2D eigenvalue weighted by Crippen LogP contribution is 2.47. The van der Waals surface area contributed by atoms with Gasteiger partial charge in [0, 0.05) is 11.8 Å². The Balaban J connectivity index is 0.00000220. The fourth-order valence-corrected chi connectivity index (χ4v) is 1.89. The molecule has 120 valence electrons. The number of aliphatic hydroxyl groups excluding tert-OH is 2. The molecule has 0 unspecified atom stereocenters. The highest BCUT2D eigenvalue weighted by atomic mass is 35.5. The number of hydrogen-bond donors (Lipinski definition) is 3. The Labute approximate surface area is 121 Å². The Morgan fingerprint density at radius 2 is 2.00 bits per heavy atom. The van der Waals surface area contributed by atoms with Crippen LogP contribution in [0.25, 0.3) is 0 Å². The number of nitrogens with zero attached hydrogens (tertiary/aromatic N) is 1. The SMILES string of the molecule is Cc1cn([C@]2(F)O[C@H](CO)[C@@H](O)C2(F)F)c(=O)[nH]c1=O.Cl. The van der Waals surface area contributed by atoms with Gasteiger partial charge in [-0.15, -0.1) is 12.4 Å². The highest BCUT2D eigenvalue weighted by Gasteiger charge is 2.71. The van der Waals surface area contributed by atoms with Gasteiger partial charge in [-0.3, -0.25) is 9.78 Å². The number of hydrogen-bond acceptors (Lipinski definition) is 5. The fraction of sp³-hybridized carbons (Fsp3) is 0.600. The van der Waals surface area contributed by atoms with E-state index in [0.717, 1.165) is 0 Å². The van der Waals surface area contributed by atoms with Crippen molar-refractivity contribution >= 4 is 12.4 Å². The lowest BCUT2D eigenvalue weighted by Crippen LogP contribution is -2.53. The van der Waals surface area contributed by atoms with Gasteiger partial charge in [0.1, 0.15) is 6.10 Å². The van der Waals surface area contributed by atoms with E-state index in [1.54, 1.807) is 4.98 Å². The third-order valence-corrected chi connectivity index (χ3v) is 3.05. The first kappa shape index (κ1) is 17.7. The van der Waals surface area contributed by atoms with Crippen LogP contribution in [0.5, 0.6) is 0 Å². The summed E-state index contributed by atoms with van der Waals surface area (Å²) in [5, 5.41) is 18.1. The number of ether oxygens (including phenoxy) is 1. The van der Waals surface area contributed by atoms with Gasteiger partial charge in [0.2, 0.25) is 0 Å². The first-order chi connectivity index (χ1) is 9.15. The van der Waals surface area contributed by atoms with Gasteiger partial charge in [-0.05, 0) is 6.92 Å². The molecule has 1 aromatic heterocycles. The Hall–Kier alpha value is -1.36. The van der Waals surface area contributed by atoms with Crippen LogP contribution in [0.1, 0.15) is 5.56 Å². The zero-order chi connectivity index (χ0) is 15.3. The molecule has 1 aromatic rings. The van der Waals surface area contributed by atoms with Crippen LogP contribution < -0.4 is 11.2 Å². The Morgan fingerprint density at radius 3 is 2.48 bits per heavy atom. The summed E-state index contributed by atoms with van der Waals surface area (Å²) in [5.41, 5.74) is -2.54. The van der Waals surface area contributed by atoms with Gasteiger partial charge in [-0.2, -0.15) is 13.2 Å². The molecule has 0 aromatic carbocycles. The summed E-state index contributed by atoms with van der Waals surface area (Å²) < 4.78 is 46.3. The van der Waals surface area contributed by atoms with Gasteiger partial charge < -0.3 is 14.9 Å². The lowest BCUT2D eigenvalue weighted by Gasteiger charge is -2.27. The van der Waals surface area contributed by atoms with Gasteiger partial charge >= 0.3 is 17.6 Å². The van der Waals surface area contributed by atoms with E-state index in [4.69, 9.17) is 5.11 Å². The second kappa shape index (κ2) is 5.44. The summed E-state index contributed by atoms with van der Waals surface area (Å²) in [7, 11) is 0. The molecule has 0 radical (unpaired) electrons. The molecule has 3 atom stereocenters. The molecular formula is C10H12ClF3N2O5. The van der Waals surface area contributed by atoms with Gasteiger partial charge in [-0.25, -0.2) is 9.36 Å². The monoisotopic (exact) mass is 332 g/mol. The van der Waals surface area contributed by atoms with Gasteiger partial charge in [0.25, 0.3) is 5.56 Å². The van der Waals surface area contributed by atoms with E-state index in [9.17, 15) is 27.9 Å². The molecule has 0 aliphatic carbocycles. The van der Waals surface area contributed by atoms with Crippen LogP contribution in [0.2, 0.25) is 0 Å². The molecule has 2 heterocycles. The predicted octanol–water partition coefficient (Wildman–Crippen LogP) is -0.766. The molecule has 2 rings (SSSR count). The number of rotatable bonds is 2. The van der Waals surface area contributed by atoms with E-state index in [1.807, 2.05) is 0 Å². The summed E-state index contributed by atoms with van der Waals surface area (Å²) >= 11 is 0. The second-order valence-electron chi connectivity index (χ2n) is 4.41. The zero-order valence-electron chi connectivity index (χ0n) is 10.5. The summed E-state index contributed by atoms with van der Waals surface area (Å²) in [4.78, 5) is 24.3. The standard InChI is InChI=1S/C10H11F3N2O5.ClH/c1-4-2-15(8(19)14-7(4)18)10(13)9(11,12)6(17)5(3-16)20-10;/h2,5-6,16-17H,3H2,1H3,(H,14,18,19);1H/t5-,6-,10+;/m1./s1. The number of nitrogens with one attached hydrogen (secondary N) is 1. The molecule has 3 N–H and O–H groups in total. The molecule has 0 spiro atoms. The molecule has 11 heteroatoms. The molecule has 0 saturated carbocycles. The summed E-state index contributed by atoms with van der Waals surface area (Å²) in [6, 6.07) is 0. The first-order valence-corrected chi connectivity index (χ1v) is 5.51. The van der Waals surface area contributed by atoms with Crippen LogP contribution in [0, 0.1) is 6.92 Å². The zero-order valence-corrected chi connectivity index (χ0v) is 11.4. The molecule has 1 fully saturated rings. The number of H-pyrrole nitrogens is 1. The molecule has 1 aliphatic rings. The maximum absolute atomic E-state index is 14.5. The van der Waals surface area contributed by atoms with E-state index in [1.165, 1.54) is 6.92 Å². The summed E-state index contributed by atoms with van der Waals surface area (Å²) in [6.45, 7) is 0.102. The molecular weight excluding hydrogens is 321 g/mol. The summed E-state index contributed by atoms with van der Waals surface area (Å²) in [6.07, 6.45) is -3.99. The largest absolute Gasteiger partial charge is 0.394 e. The third-order valence-electron chi connectivity index (χ3n) is 3.05. The van der Waals surface area contributed by atoms with Crippen molar-refractivity contribution < 1.29 is 28.1 Å². The van der Waals surface area contributed by atoms with Crippen LogP contribution in [-0.2, 0) is 10.7 Å². The van der Waals surface area contributed by atoms with Gasteiger partial charge in [0.15, 0.2) is 6.10 Å². The minimum Gasteiger partial charge on any atom is -0.394 e. The number of aromatic nitrogens is 2. The van der Waals surface area contributed by atoms with E-state index in [2.05, 4.69) is 4.74 Å². The van der Waals surface area contributed by atoms with Crippen molar-refractivity contribution in [2.45, 2.75) is 31.0 Å². The number of halogens is 4. The molecule has 1 saturated heterocycles. The highest BCUT2D eigenvalue weighted by molar-refractivity contribution is 5.85. The fourth-order valence-electron chi connectivity index (χ4n) is 1.89. The number of aryl methyl sites for hydroxylation is 1. The lowest BCUT2D eigenvalue weighted by molar-refractivity contribution is -0.297. The van der Waals surface area contributed by atoms with E-state index in [0.29, 0.717) is 6.20 Å².